The Hall–Kier alpha value is -2.29. The fourth-order valence-electron chi connectivity index (χ4n) is 3.15. The standard InChI is InChI=1S/C15H17N7O2S2/c16-6-12-7-17-15(25-12)20-13-5-14(19-10-18-13)22-3-1-21(2-4-22)11-8-26(23,24)9-11/h5,7,10-11H,1-4,8-9H2,(H,17,18,19,20). The highest BCUT2D eigenvalue weighted by Crippen LogP contribution is 2.24. The van der Waals surface area contributed by atoms with Gasteiger partial charge in [0.15, 0.2) is 15.0 Å². The van der Waals surface area contributed by atoms with Gasteiger partial charge in [-0.1, -0.05) is 11.3 Å². The van der Waals surface area contributed by atoms with E-state index < -0.39 is 9.84 Å². The van der Waals surface area contributed by atoms with Crippen LogP contribution in [0.5, 0.6) is 0 Å². The van der Waals surface area contributed by atoms with Crippen molar-refractivity contribution in [2.45, 2.75) is 6.04 Å². The number of rotatable bonds is 4. The van der Waals surface area contributed by atoms with E-state index in [4.69, 9.17) is 5.26 Å². The molecule has 0 bridgehead atoms. The van der Waals surface area contributed by atoms with Crippen LogP contribution in [0.2, 0.25) is 0 Å². The molecule has 2 fully saturated rings. The van der Waals surface area contributed by atoms with Crippen LogP contribution in [-0.2, 0) is 9.84 Å². The third-order valence-electron chi connectivity index (χ3n) is 4.55. The van der Waals surface area contributed by atoms with Gasteiger partial charge < -0.3 is 10.2 Å². The Morgan fingerprint density at radius 3 is 2.62 bits per heavy atom. The molecule has 2 aliphatic rings. The Morgan fingerprint density at radius 2 is 1.96 bits per heavy atom. The summed E-state index contributed by atoms with van der Waals surface area (Å²) in [5.74, 6) is 2.02. The molecular formula is C15H17N7O2S2. The van der Waals surface area contributed by atoms with E-state index in [-0.39, 0.29) is 17.5 Å². The first-order valence-corrected chi connectivity index (χ1v) is 10.8. The SMILES string of the molecule is N#Cc1cnc(Nc2cc(N3CCN(C4CS(=O)(=O)C4)CC3)ncn2)s1. The fraction of sp³-hybridized carbons (Fsp3) is 0.467. The van der Waals surface area contributed by atoms with Gasteiger partial charge in [-0.05, 0) is 0 Å². The number of piperazine rings is 1. The summed E-state index contributed by atoms with van der Waals surface area (Å²) in [5, 5.41) is 12.6. The smallest absolute Gasteiger partial charge is 0.189 e. The Balaban J connectivity index is 1.37. The van der Waals surface area contributed by atoms with Crippen molar-refractivity contribution in [2.75, 3.05) is 47.9 Å². The van der Waals surface area contributed by atoms with Crippen molar-refractivity contribution in [3.8, 4) is 6.07 Å². The molecule has 26 heavy (non-hydrogen) atoms. The molecule has 9 nitrogen and oxygen atoms in total. The third kappa shape index (κ3) is 3.62. The molecule has 0 atom stereocenters. The van der Waals surface area contributed by atoms with Crippen molar-refractivity contribution < 1.29 is 8.42 Å². The first-order chi connectivity index (χ1) is 12.5. The van der Waals surface area contributed by atoms with Gasteiger partial charge in [0, 0.05) is 38.3 Å². The predicted octanol–water partition coefficient (Wildman–Crippen LogP) is 0.467. The van der Waals surface area contributed by atoms with Crippen LogP contribution in [0, 0.1) is 11.3 Å². The lowest BCUT2D eigenvalue weighted by molar-refractivity contribution is 0.201. The third-order valence-corrected chi connectivity index (χ3v) is 7.15. The number of thiazole rings is 1. The molecule has 0 spiro atoms. The maximum absolute atomic E-state index is 11.4. The summed E-state index contributed by atoms with van der Waals surface area (Å²) < 4.78 is 22.7. The van der Waals surface area contributed by atoms with Gasteiger partial charge in [0.2, 0.25) is 0 Å². The first kappa shape index (κ1) is 17.1. The van der Waals surface area contributed by atoms with Gasteiger partial charge in [0.25, 0.3) is 0 Å². The van der Waals surface area contributed by atoms with Crippen molar-refractivity contribution >= 4 is 37.9 Å². The van der Waals surface area contributed by atoms with E-state index >= 15 is 0 Å². The lowest BCUT2D eigenvalue weighted by atomic mass is 10.2. The van der Waals surface area contributed by atoms with Crippen LogP contribution >= 0.6 is 11.3 Å². The van der Waals surface area contributed by atoms with Gasteiger partial charge in [-0.2, -0.15) is 5.26 Å². The second-order valence-electron chi connectivity index (χ2n) is 6.28. The number of sulfone groups is 1. The number of nitrogens with one attached hydrogen (secondary N) is 1. The van der Waals surface area contributed by atoms with Crippen LogP contribution in [0.15, 0.2) is 18.6 Å². The van der Waals surface area contributed by atoms with Crippen LogP contribution in [0.25, 0.3) is 0 Å². The Kier molecular flexibility index (Phi) is 4.47. The molecule has 0 aromatic carbocycles. The van der Waals surface area contributed by atoms with Gasteiger partial charge in [-0.3, -0.25) is 4.90 Å². The highest BCUT2D eigenvalue weighted by Gasteiger charge is 2.38. The highest BCUT2D eigenvalue weighted by atomic mass is 32.2. The summed E-state index contributed by atoms with van der Waals surface area (Å²) in [6.07, 6.45) is 3.02. The molecule has 0 aliphatic carbocycles. The van der Waals surface area contributed by atoms with Crippen LogP contribution < -0.4 is 10.2 Å². The summed E-state index contributed by atoms with van der Waals surface area (Å²) in [4.78, 5) is 17.6. The van der Waals surface area contributed by atoms with Crippen molar-refractivity contribution in [3.05, 3.63) is 23.5 Å². The topological polar surface area (TPSA) is 115 Å². The molecule has 11 heteroatoms. The van der Waals surface area contributed by atoms with Crippen LogP contribution in [0.3, 0.4) is 0 Å². The van der Waals surface area contributed by atoms with E-state index in [1.54, 1.807) is 0 Å². The Morgan fingerprint density at radius 1 is 1.19 bits per heavy atom. The molecule has 0 amide bonds. The average molecular weight is 391 g/mol. The number of nitriles is 1. The summed E-state index contributed by atoms with van der Waals surface area (Å²) in [5.41, 5.74) is 0. The van der Waals surface area contributed by atoms with Crippen LogP contribution in [-0.4, -0.2) is 72.0 Å². The first-order valence-electron chi connectivity index (χ1n) is 8.17. The van der Waals surface area contributed by atoms with E-state index in [2.05, 4.69) is 36.1 Å². The van der Waals surface area contributed by atoms with E-state index in [0.717, 1.165) is 32.0 Å². The van der Waals surface area contributed by atoms with Crippen LogP contribution in [0.1, 0.15) is 4.88 Å². The molecular weight excluding hydrogens is 374 g/mol. The highest BCUT2D eigenvalue weighted by molar-refractivity contribution is 7.92. The number of nitrogens with zero attached hydrogens (tertiary/aromatic N) is 6. The molecule has 2 aromatic heterocycles. The largest absolute Gasteiger partial charge is 0.354 e. The maximum Gasteiger partial charge on any atom is 0.189 e. The minimum atomic E-state index is -2.79. The monoisotopic (exact) mass is 391 g/mol. The quantitative estimate of drug-likeness (QED) is 0.794. The van der Waals surface area contributed by atoms with E-state index in [1.165, 1.54) is 23.9 Å². The van der Waals surface area contributed by atoms with Crippen molar-refractivity contribution in [1.82, 2.24) is 19.9 Å². The number of hydrogen-bond acceptors (Lipinski definition) is 10. The molecule has 0 saturated carbocycles. The minimum absolute atomic E-state index is 0.170. The lowest BCUT2D eigenvalue weighted by Crippen LogP contribution is -2.59. The summed E-state index contributed by atoms with van der Waals surface area (Å²) in [6, 6.07) is 4.09. The van der Waals surface area contributed by atoms with E-state index in [9.17, 15) is 8.42 Å². The van der Waals surface area contributed by atoms with Gasteiger partial charge in [-0.15, -0.1) is 0 Å². The number of aromatic nitrogens is 3. The molecule has 0 unspecified atom stereocenters. The minimum Gasteiger partial charge on any atom is -0.354 e. The van der Waals surface area contributed by atoms with Crippen molar-refractivity contribution in [1.29, 1.82) is 5.26 Å². The normalized spacial score (nSPS) is 20.3. The van der Waals surface area contributed by atoms with Gasteiger partial charge in [-0.25, -0.2) is 23.4 Å². The molecule has 1 N–H and O–H groups in total. The average Bonchev–Trinajstić information content (AvgIpc) is 3.07. The van der Waals surface area contributed by atoms with Gasteiger partial charge in [0.05, 0.1) is 17.7 Å². The zero-order valence-electron chi connectivity index (χ0n) is 13.9. The summed E-state index contributed by atoms with van der Waals surface area (Å²) >= 11 is 1.27. The van der Waals surface area contributed by atoms with Crippen LogP contribution in [0.4, 0.5) is 16.8 Å². The van der Waals surface area contributed by atoms with Gasteiger partial charge in [0.1, 0.15) is 28.9 Å². The molecule has 2 aromatic rings. The second-order valence-corrected chi connectivity index (χ2v) is 9.47. The lowest BCUT2D eigenvalue weighted by Gasteiger charge is -2.42. The van der Waals surface area contributed by atoms with E-state index in [0.29, 0.717) is 15.8 Å². The molecule has 4 rings (SSSR count). The summed E-state index contributed by atoms with van der Waals surface area (Å²) in [7, 11) is -2.79. The molecule has 2 aliphatic heterocycles. The number of hydrogen-bond donors (Lipinski definition) is 1. The molecule has 136 valence electrons. The summed E-state index contributed by atoms with van der Waals surface area (Å²) in [6.45, 7) is 3.24. The van der Waals surface area contributed by atoms with Crippen molar-refractivity contribution in [2.24, 2.45) is 0 Å². The predicted molar refractivity (Wildman–Crippen MR) is 98.4 cm³/mol. The molecule has 2 saturated heterocycles. The van der Waals surface area contributed by atoms with Crippen molar-refractivity contribution in [3.63, 3.8) is 0 Å². The number of anilines is 3. The zero-order chi connectivity index (χ0) is 18.1. The Bertz CT molecular complexity index is 933. The van der Waals surface area contributed by atoms with Gasteiger partial charge >= 0.3 is 0 Å². The zero-order valence-corrected chi connectivity index (χ0v) is 15.5. The fourth-order valence-corrected chi connectivity index (χ4v) is 5.26. The van der Waals surface area contributed by atoms with E-state index in [1.807, 2.05) is 6.07 Å². The molecule has 4 heterocycles. The Labute approximate surface area is 155 Å². The maximum atomic E-state index is 11.4. The molecule has 0 radical (unpaired) electrons. The second kappa shape index (κ2) is 6.79.